The second kappa shape index (κ2) is 8.82. The summed E-state index contributed by atoms with van der Waals surface area (Å²) in [5.41, 5.74) is 3.68. The summed E-state index contributed by atoms with van der Waals surface area (Å²) in [6.45, 7) is 9.15. The number of benzene rings is 2. The number of carboxylic acid groups (broad SMARTS) is 1. The van der Waals surface area contributed by atoms with Crippen LogP contribution in [0.5, 0.6) is 0 Å². The molecule has 2 N–H and O–H groups in total. The summed E-state index contributed by atoms with van der Waals surface area (Å²) < 4.78 is 29.6. The largest absolute Gasteiger partial charge is 0.598 e. The van der Waals surface area contributed by atoms with Gasteiger partial charge in [-0.2, -0.15) is 0 Å². The van der Waals surface area contributed by atoms with Crippen LogP contribution in [0.4, 0.5) is 4.39 Å². The third-order valence-corrected chi connectivity index (χ3v) is 6.27. The Bertz CT molecular complexity index is 862. The number of nitrogens with one attached hydrogen (secondary N) is 1. The molecule has 0 saturated carbocycles. The van der Waals surface area contributed by atoms with Crippen LogP contribution in [0, 0.1) is 19.7 Å². The van der Waals surface area contributed by atoms with Gasteiger partial charge in [-0.25, -0.2) is 4.39 Å². The molecule has 0 radical (unpaired) electrons. The first kappa shape index (κ1) is 22.7. The van der Waals surface area contributed by atoms with Crippen LogP contribution in [0.1, 0.15) is 49.9 Å². The Labute approximate surface area is 173 Å². The Morgan fingerprint density at radius 2 is 1.86 bits per heavy atom. The van der Waals surface area contributed by atoms with Crippen LogP contribution >= 0.6 is 11.6 Å². The van der Waals surface area contributed by atoms with E-state index in [0.717, 1.165) is 16.7 Å². The Balaban J connectivity index is 2.60. The van der Waals surface area contributed by atoms with Gasteiger partial charge in [-0.3, -0.25) is 4.79 Å². The minimum absolute atomic E-state index is 0.0881. The summed E-state index contributed by atoms with van der Waals surface area (Å²) in [6.07, 6.45) is -0.425. The molecule has 0 aromatic heterocycles. The van der Waals surface area contributed by atoms with Gasteiger partial charge in [-0.1, -0.05) is 29.8 Å². The van der Waals surface area contributed by atoms with Gasteiger partial charge in [0.05, 0.1) is 17.5 Å². The van der Waals surface area contributed by atoms with E-state index in [1.165, 1.54) is 6.07 Å². The van der Waals surface area contributed by atoms with E-state index in [0.29, 0.717) is 5.56 Å². The molecule has 0 aliphatic rings. The van der Waals surface area contributed by atoms with Crippen molar-refractivity contribution in [2.24, 2.45) is 0 Å². The molecule has 2 atom stereocenters. The molecular formula is C21H25ClFNO3S. The molecule has 0 bridgehead atoms. The van der Waals surface area contributed by atoms with Crippen LogP contribution in [0.15, 0.2) is 30.3 Å². The van der Waals surface area contributed by atoms with E-state index in [9.17, 15) is 18.8 Å². The van der Waals surface area contributed by atoms with Crippen molar-refractivity contribution < 1.29 is 18.8 Å². The number of aliphatic carboxylic acids is 1. The lowest BCUT2D eigenvalue weighted by molar-refractivity contribution is -0.137. The van der Waals surface area contributed by atoms with Crippen molar-refractivity contribution in [2.45, 2.75) is 51.8 Å². The first-order valence-electron chi connectivity index (χ1n) is 8.87. The van der Waals surface area contributed by atoms with Gasteiger partial charge in [0.1, 0.15) is 10.6 Å². The molecule has 1 unspecified atom stereocenters. The Morgan fingerprint density at radius 3 is 2.36 bits per heavy atom. The molecule has 0 amide bonds. The van der Waals surface area contributed by atoms with Gasteiger partial charge in [0.25, 0.3) is 0 Å². The predicted octanol–water partition coefficient (Wildman–Crippen LogP) is 5.33. The molecule has 2 aromatic rings. The maximum atomic E-state index is 14.9. The molecule has 0 fully saturated rings. The lowest BCUT2D eigenvalue weighted by Gasteiger charge is -2.28. The van der Waals surface area contributed by atoms with Gasteiger partial charge >= 0.3 is 5.97 Å². The Kier molecular flexibility index (Phi) is 7.15. The second-order valence-corrected chi connectivity index (χ2v) is 10.2. The fourth-order valence-corrected chi connectivity index (χ4v) is 4.02. The normalized spacial score (nSPS) is 14.0. The van der Waals surface area contributed by atoms with Gasteiger partial charge in [-0.05, 0) is 69.0 Å². The van der Waals surface area contributed by atoms with Crippen molar-refractivity contribution in [3.8, 4) is 11.1 Å². The van der Waals surface area contributed by atoms with E-state index in [1.807, 2.05) is 32.0 Å². The van der Waals surface area contributed by atoms with Crippen LogP contribution in [-0.4, -0.2) is 20.4 Å². The molecular weight excluding hydrogens is 401 g/mol. The summed E-state index contributed by atoms with van der Waals surface area (Å²) in [5.74, 6) is -1.84. The maximum Gasteiger partial charge on any atom is 0.305 e. The predicted molar refractivity (Wildman–Crippen MR) is 112 cm³/mol. The minimum Gasteiger partial charge on any atom is -0.598 e. The van der Waals surface area contributed by atoms with Gasteiger partial charge in [-0.15, -0.1) is 4.72 Å². The Morgan fingerprint density at radius 1 is 1.29 bits per heavy atom. The highest BCUT2D eigenvalue weighted by Crippen LogP contribution is 2.35. The average molecular weight is 426 g/mol. The van der Waals surface area contributed by atoms with E-state index in [4.69, 9.17) is 11.6 Å². The van der Waals surface area contributed by atoms with Crippen molar-refractivity contribution in [3.05, 3.63) is 57.9 Å². The fourth-order valence-electron chi connectivity index (χ4n) is 2.97. The molecule has 2 aromatic carbocycles. The number of hydrogen-bond donors (Lipinski definition) is 2. The van der Waals surface area contributed by atoms with E-state index in [2.05, 4.69) is 4.72 Å². The van der Waals surface area contributed by atoms with Crippen LogP contribution < -0.4 is 4.72 Å². The summed E-state index contributed by atoms with van der Waals surface area (Å²) in [5, 5.41) is 9.20. The van der Waals surface area contributed by atoms with E-state index >= 15 is 0 Å². The van der Waals surface area contributed by atoms with Crippen molar-refractivity contribution >= 4 is 28.9 Å². The highest BCUT2D eigenvalue weighted by molar-refractivity contribution is 7.90. The zero-order chi connectivity index (χ0) is 21.2. The molecule has 0 spiro atoms. The monoisotopic (exact) mass is 425 g/mol. The third kappa shape index (κ3) is 5.26. The van der Waals surface area contributed by atoms with Crippen molar-refractivity contribution in [2.75, 3.05) is 0 Å². The molecule has 152 valence electrons. The molecule has 0 aliphatic heterocycles. The quantitative estimate of drug-likeness (QED) is 0.613. The van der Waals surface area contributed by atoms with Gasteiger partial charge < -0.3 is 9.66 Å². The first-order valence-corrected chi connectivity index (χ1v) is 10.4. The number of rotatable bonds is 6. The van der Waals surface area contributed by atoms with Crippen LogP contribution in [-0.2, 0) is 16.2 Å². The van der Waals surface area contributed by atoms with Crippen LogP contribution in [0.3, 0.4) is 0 Å². The van der Waals surface area contributed by atoms with E-state index in [-0.39, 0.29) is 10.6 Å². The highest BCUT2D eigenvalue weighted by Gasteiger charge is 2.32. The fraction of sp³-hybridized carbons (Fsp3) is 0.381. The number of halogens is 2. The molecule has 0 aliphatic carbocycles. The smallest absolute Gasteiger partial charge is 0.305 e. The molecule has 2 rings (SSSR count). The number of aryl methyl sites for hydroxylation is 2. The summed E-state index contributed by atoms with van der Waals surface area (Å²) >= 11 is 4.57. The highest BCUT2D eigenvalue weighted by atomic mass is 35.5. The topological polar surface area (TPSA) is 72.4 Å². The van der Waals surface area contributed by atoms with Crippen LogP contribution in [0.25, 0.3) is 11.1 Å². The molecule has 0 heterocycles. The minimum atomic E-state index is -1.58. The van der Waals surface area contributed by atoms with Gasteiger partial charge in [0, 0.05) is 16.9 Å². The summed E-state index contributed by atoms with van der Waals surface area (Å²) in [6, 6.07) is 7.97. The lowest BCUT2D eigenvalue weighted by Crippen LogP contribution is -2.42. The second-order valence-electron chi connectivity index (χ2n) is 7.78. The van der Waals surface area contributed by atoms with E-state index in [1.54, 1.807) is 26.8 Å². The average Bonchev–Trinajstić information content (AvgIpc) is 2.55. The van der Waals surface area contributed by atoms with Crippen molar-refractivity contribution in [1.82, 2.24) is 4.72 Å². The third-order valence-electron chi connectivity index (χ3n) is 4.39. The lowest BCUT2D eigenvalue weighted by atomic mass is 9.92. The molecule has 7 heteroatoms. The summed E-state index contributed by atoms with van der Waals surface area (Å²) in [4.78, 5) is 11.4. The van der Waals surface area contributed by atoms with Crippen molar-refractivity contribution in [3.63, 3.8) is 0 Å². The zero-order valence-electron chi connectivity index (χ0n) is 16.6. The number of carbonyl (C=O) groups is 1. The van der Waals surface area contributed by atoms with E-state index < -0.39 is 40.4 Å². The molecule has 28 heavy (non-hydrogen) atoms. The molecule has 0 saturated heterocycles. The zero-order valence-corrected chi connectivity index (χ0v) is 18.2. The van der Waals surface area contributed by atoms with Crippen LogP contribution in [0.2, 0.25) is 5.02 Å². The van der Waals surface area contributed by atoms with Gasteiger partial charge in [0.15, 0.2) is 0 Å². The maximum absolute atomic E-state index is 14.9. The Hall–Kier alpha value is -1.60. The van der Waals surface area contributed by atoms with Gasteiger partial charge in [0.2, 0.25) is 0 Å². The standard InChI is InChI=1S/C21H25ClFNO3S/c1-12-7-6-8-13(2)19(12)14-9-15(20(23)16(22)10-14)17(11-18(25)26)24-28(27)21(3,4)5/h6-10,17,24H,11H2,1-5H3,(H,25,26)/t17?,28-/m1/s1. The SMILES string of the molecule is Cc1cccc(C)c1-c1cc(Cl)c(F)c(C(CC(=O)O)N[S@+]([O-])C(C)(C)C)c1. The summed E-state index contributed by atoms with van der Waals surface area (Å²) in [7, 11) is 0. The molecule has 4 nitrogen and oxygen atoms in total. The number of carboxylic acids is 1. The van der Waals surface area contributed by atoms with Crippen molar-refractivity contribution in [1.29, 1.82) is 0 Å². The first-order chi connectivity index (χ1) is 12.9. The number of hydrogen-bond acceptors (Lipinski definition) is 3.